The van der Waals surface area contributed by atoms with Crippen LogP contribution in [-0.2, 0) is 18.4 Å². The molecule has 1 aliphatic rings. The molecule has 0 saturated heterocycles. The van der Waals surface area contributed by atoms with E-state index in [0.717, 1.165) is 18.5 Å². The number of benzene rings is 1. The van der Waals surface area contributed by atoms with Crippen molar-refractivity contribution in [3.8, 4) is 0 Å². The fourth-order valence-corrected chi connectivity index (χ4v) is 2.98. The molecular weight excluding hydrogens is 252 g/mol. The molecule has 2 aromatic rings. The van der Waals surface area contributed by atoms with Crippen molar-refractivity contribution in [1.29, 1.82) is 0 Å². The lowest BCUT2D eigenvalue weighted by Gasteiger charge is -2.14. The van der Waals surface area contributed by atoms with Crippen LogP contribution >= 0.6 is 0 Å². The van der Waals surface area contributed by atoms with Crippen molar-refractivity contribution >= 4 is 16.9 Å². The van der Waals surface area contributed by atoms with Gasteiger partial charge in [0, 0.05) is 30.2 Å². The number of rotatable bonds is 5. The van der Waals surface area contributed by atoms with Crippen molar-refractivity contribution in [2.24, 2.45) is 13.0 Å². The SMILES string of the molecule is Cc1c(CNC(C(=O)O)C2CC2)n(C)c2ccccc12. The second-order valence-corrected chi connectivity index (χ2v) is 5.68. The van der Waals surface area contributed by atoms with E-state index in [1.807, 2.05) is 19.2 Å². The van der Waals surface area contributed by atoms with Crippen molar-refractivity contribution in [1.82, 2.24) is 9.88 Å². The van der Waals surface area contributed by atoms with Gasteiger partial charge in [0.05, 0.1) is 0 Å². The monoisotopic (exact) mass is 272 g/mol. The maximum Gasteiger partial charge on any atom is 0.320 e. The van der Waals surface area contributed by atoms with Gasteiger partial charge in [0.25, 0.3) is 0 Å². The molecule has 1 atom stereocenters. The highest BCUT2D eigenvalue weighted by molar-refractivity contribution is 5.85. The zero-order valence-corrected chi connectivity index (χ0v) is 11.9. The number of carboxylic acids is 1. The molecule has 4 nitrogen and oxygen atoms in total. The van der Waals surface area contributed by atoms with Crippen LogP contribution in [0.1, 0.15) is 24.1 Å². The Morgan fingerprint density at radius 3 is 2.75 bits per heavy atom. The summed E-state index contributed by atoms with van der Waals surface area (Å²) in [7, 11) is 2.04. The molecule has 3 rings (SSSR count). The summed E-state index contributed by atoms with van der Waals surface area (Å²) in [5, 5.41) is 13.7. The summed E-state index contributed by atoms with van der Waals surface area (Å²) >= 11 is 0. The minimum Gasteiger partial charge on any atom is -0.480 e. The molecule has 1 aromatic heterocycles. The van der Waals surface area contributed by atoms with Gasteiger partial charge >= 0.3 is 5.97 Å². The third-order valence-corrected chi connectivity index (χ3v) is 4.36. The van der Waals surface area contributed by atoms with E-state index in [2.05, 4.69) is 28.9 Å². The lowest BCUT2D eigenvalue weighted by molar-refractivity contribution is -0.140. The lowest BCUT2D eigenvalue weighted by Crippen LogP contribution is -2.38. The van der Waals surface area contributed by atoms with Crippen molar-refractivity contribution in [2.45, 2.75) is 32.4 Å². The van der Waals surface area contributed by atoms with Gasteiger partial charge in [-0.3, -0.25) is 10.1 Å². The number of nitrogens with zero attached hydrogens (tertiary/aromatic N) is 1. The highest BCUT2D eigenvalue weighted by atomic mass is 16.4. The first-order chi connectivity index (χ1) is 9.59. The normalized spacial score (nSPS) is 16.5. The number of aromatic nitrogens is 1. The van der Waals surface area contributed by atoms with Crippen LogP contribution in [0.4, 0.5) is 0 Å². The number of hydrogen-bond acceptors (Lipinski definition) is 2. The van der Waals surface area contributed by atoms with E-state index in [1.54, 1.807) is 0 Å². The van der Waals surface area contributed by atoms with E-state index in [4.69, 9.17) is 0 Å². The summed E-state index contributed by atoms with van der Waals surface area (Å²) < 4.78 is 2.16. The van der Waals surface area contributed by atoms with Crippen LogP contribution in [0.25, 0.3) is 10.9 Å². The van der Waals surface area contributed by atoms with Gasteiger partial charge in [0.15, 0.2) is 0 Å². The zero-order chi connectivity index (χ0) is 14.3. The van der Waals surface area contributed by atoms with Crippen LogP contribution in [0, 0.1) is 12.8 Å². The smallest absolute Gasteiger partial charge is 0.320 e. The maximum atomic E-state index is 11.3. The largest absolute Gasteiger partial charge is 0.480 e. The van der Waals surface area contributed by atoms with Gasteiger partial charge in [-0.2, -0.15) is 0 Å². The standard InChI is InChI=1S/C16H20N2O2/c1-10-12-5-3-4-6-13(12)18(2)14(10)9-17-15(16(19)20)11-7-8-11/h3-6,11,15,17H,7-9H2,1-2H3,(H,19,20). The van der Waals surface area contributed by atoms with Crippen LogP contribution in [0.2, 0.25) is 0 Å². The zero-order valence-electron chi connectivity index (χ0n) is 11.9. The molecule has 1 heterocycles. The number of nitrogens with one attached hydrogen (secondary N) is 1. The van der Waals surface area contributed by atoms with Gasteiger partial charge in [-0.05, 0) is 37.3 Å². The number of aliphatic carboxylic acids is 1. The number of fused-ring (bicyclic) bond motifs is 1. The summed E-state index contributed by atoms with van der Waals surface area (Å²) in [6, 6.07) is 7.87. The molecule has 4 heteroatoms. The second-order valence-electron chi connectivity index (χ2n) is 5.68. The Morgan fingerprint density at radius 1 is 1.45 bits per heavy atom. The average Bonchev–Trinajstić information content (AvgIpc) is 3.23. The van der Waals surface area contributed by atoms with E-state index in [0.29, 0.717) is 12.5 Å². The van der Waals surface area contributed by atoms with Gasteiger partial charge in [-0.15, -0.1) is 0 Å². The summed E-state index contributed by atoms with van der Waals surface area (Å²) in [4.78, 5) is 11.3. The Bertz CT molecular complexity index is 617. The van der Waals surface area contributed by atoms with E-state index >= 15 is 0 Å². The molecule has 0 amide bonds. The Hall–Kier alpha value is -1.81. The quantitative estimate of drug-likeness (QED) is 0.879. The summed E-state index contributed by atoms with van der Waals surface area (Å²) in [6.45, 7) is 2.71. The molecule has 1 saturated carbocycles. The van der Waals surface area contributed by atoms with Crippen LogP contribution < -0.4 is 5.32 Å². The molecule has 1 aromatic carbocycles. The molecule has 0 bridgehead atoms. The number of carbonyl (C=O) groups is 1. The van der Waals surface area contributed by atoms with Crippen molar-refractivity contribution in [3.05, 3.63) is 35.5 Å². The highest BCUT2D eigenvalue weighted by Crippen LogP contribution is 2.33. The minimum absolute atomic E-state index is 0.308. The fourth-order valence-electron chi connectivity index (χ4n) is 2.98. The molecule has 0 spiro atoms. The van der Waals surface area contributed by atoms with Gasteiger partial charge in [-0.25, -0.2) is 0 Å². The van der Waals surface area contributed by atoms with Crippen molar-refractivity contribution in [2.75, 3.05) is 0 Å². The van der Waals surface area contributed by atoms with Crippen LogP contribution in [0.3, 0.4) is 0 Å². The Morgan fingerprint density at radius 2 is 2.15 bits per heavy atom. The van der Waals surface area contributed by atoms with Gasteiger partial charge in [0.2, 0.25) is 0 Å². The number of aryl methyl sites for hydroxylation is 2. The molecule has 0 radical (unpaired) electrons. The number of carboxylic acid groups (broad SMARTS) is 1. The Labute approximate surface area is 118 Å². The second kappa shape index (κ2) is 4.94. The number of hydrogen-bond donors (Lipinski definition) is 2. The fraction of sp³-hybridized carbons (Fsp3) is 0.438. The predicted molar refractivity (Wildman–Crippen MR) is 78.6 cm³/mol. The van der Waals surface area contributed by atoms with Gasteiger partial charge < -0.3 is 9.67 Å². The first kappa shape index (κ1) is 13.2. The predicted octanol–water partition coefficient (Wildman–Crippen LogP) is 2.44. The van der Waals surface area contributed by atoms with E-state index < -0.39 is 12.0 Å². The molecule has 2 N–H and O–H groups in total. The van der Waals surface area contributed by atoms with Crippen LogP contribution in [0.5, 0.6) is 0 Å². The third-order valence-electron chi connectivity index (χ3n) is 4.36. The van der Waals surface area contributed by atoms with Gasteiger partial charge in [-0.1, -0.05) is 18.2 Å². The average molecular weight is 272 g/mol. The maximum absolute atomic E-state index is 11.3. The third kappa shape index (κ3) is 2.20. The summed E-state index contributed by atoms with van der Waals surface area (Å²) in [5.74, 6) is -0.425. The molecular formula is C16H20N2O2. The first-order valence-electron chi connectivity index (χ1n) is 7.08. The van der Waals surface area contributed by atoms with Crippen LogP contribution in [-0.4, -0.2) is 21.7 Å². The van der Waals surface area contributed by atoms with Crippen molar-refractivity contribution < 1.29 is 9.90 Å². The molecule has 20 heavy (non-hydrogen) atoms. The molecule has 106 valence electrons. The molecule has 1 unspecified atom stereocenters. The van der Waals surface area contributed by atoms with E-state index in [-0.39, 0.29) is 0 Å². The van der Waals surface area contributed by atoms with Gasteiger partial charge in [0.1, 0.15) is 6.04 Å². The topological polar surface area (TPSA) is 54.3 Å². The summed E-state index contributed by atoms with van der Waals surface area (Å²) in [6.07, 6.45) is 2.05. The Balaban J connectivity index is 1.85. The molecule has 0 aliphatic heterocycles. The minimum atomic E-state index is -0.732. The van der Waals surface area contributed by atoms with Crippen LogP contribution in [0.15, 0.2) is 24.3 Å². The summed E-state index contributed by atoms with van der Waals surface area (Å²) in [5.41, 5.74) is 3.59. The number of para-hydroxylation sites is 1. The molecule has 1 aliphatic carbocycles. The first-order valence-corrected chi connectivity index (χ1v) is 7.08. The highest BCUT2D eigenvalue weighted by Gasteiger charge is 2.35. The lowest BCUT2D eigenvalue weighted by atomic mass is 10.1. The van der Waals surface area contributed by atoms with E-state index in [1.165, 1.54) is 16.5 Å². The van der Waals surface area contributed by atoms with E-state index in [9.17, 15) is 9.90 Å². The Kier molecular flexibility index (Phi) is 3.26. The van der Waals surface area contributed by atoms with Crippen molar-refractivity contribution in [3.63, 3.8) is 0 Å². The molecule has 1 fully saturated rings.